The standard InChI is InChI=1S/C27H22Cl2N2O2/c1-13-18(14-9-5-7-11-16(14)30-13)20-22(28)25(33)21(23(29)24(20)32)19-15-10-6-8-12-17(15)31-26(19)27(2,3)4/h5-12,30-31H,1-4H3. The van der Waals surface area contributed by atoms with E-state index in [2.05, 4.69) is 9.97 Å². The number of hydrogen-bond acceptors (Lipinski definition) is 2. The lowest BCUT2D eigenvalue weighted by Gasteiger charge is -2.23. The molecule has 6 heteroatoms. The fourth-order valence-corrected chi connectivity index (χ4v) is 5.20. The Morgan fingerprint density at radius 3 is 1.70 bits per heavy atom. The zero-order chi connectivity index (χ0) is 23.7. The van der Waals surface area contributed by atoms with Crippen LogP contribution in [0.4, 0.5) is 0 Å². The highest BCUT2D eigenvalue weighted by Gasteiger charge is 2.39. The van der Waals surface area contributed by atoms with Crippen LogP contribution in [0.25, 0.3) is 33.0 Å². The number of aromatic amines is 2. The molecular weight excluding hydrogens is 455 g/mol. The first-order chi connectivity index (χ1) is 15.6. The minimum Gasteiger partial charge on any atom is -0.358 e. The molecule has 0 saturated heterocycles. The average molecular weight is 477 g/mol. The Labute approximate surface area is 201 Å². The molecule has 2 aromatic heterocycles. The fraction of sp³-hybridized carbons (Fsp3) is 0.185. The van der Waals surface area contributed by atoms with Crippen LogP contribution in [0.5, 0.6) is 0 Å². The molecule has 0 atom stereocenters. The summed E-state index contributed by atoms with van der Waals surface area (Å²) in [5.41, 5.74) is 4.52. The summed E-state index contributed by atoms with van der Waals surface area (Å²) < 4.78 is 0. The summed E-state index contributed by atoms with van der Waals surface area (Å²) in [7, 11) is 0. The molecule has 0 bridgehead atoms. The van der Waals surface area contributed by atoms with Crippen LogP contribution < -0.4 is 0 Å². The number of aromatic nitrogens is 2. The maximum atomic E-state index is 13.7. The number of para-hydroxylation sites is 2. The van der Waals surface area contributed by atoms with E-state index >= 15 is 0 Å². The Hall–Kier alpha value is -3.08. The van der Waals surface area contributed by atoms with E-state index in [9.17, 15) is 9.59 Å². The second-order valence-electron chi connectivity index (χ2n) is 9.38. The Bertz CT molecular complexity index is 1560. The highest BCUT2D eigenvalue weighted by atomic mass is 35.5. The van der Waals surface area contributed by atoms with Gasteiger partial charge in [-0.05, 0) is 19.1 Å². The third-order valence-electron chi connectivity index (χ3n) is 6.14. The van der Waals surface area contributed by atoms with Crippen LogP contribution in [-0.4, -0.2) is 21.5 Å². The molecule has 2 heterocycles. The van der Waals surface area contributed by atoms with Crippen LogP contribution in [-0.2, 0) is 15.0 Å². The van der Waals surface area contributed by atoms with Gasteiger partial charge in [0.2, 0.25) is 11.6 Å². The molecule has 0 spiro atoms. The normalized spacial score (nSPS) is 15.5. The lowest BCUT2D eigenvalue weighted by molar-refractivity contribution is -0.113. The molecule has 0 saturated carbocycles. The fourth-order valence-electron chi connectivity index (χ4n) is 4.66. The summed E-state index contributed by atoms with van der Waals surface area (Å²) in [5, 5.41) is 1.42. The monoisotopic (exact) mass is 476 g/mol. The number of aryl methyl sites for hydroxylation is 1. The first-order valence-electron chi connectivity index (χ1n) is 10.7. The average Bonchev–Trinajstić information content (AvgIpc) is 3.31. The Morgan fingerprint density at radius 1 is 0.697 bits per heavy atom. The van der Waals surface area contributed by atoms with Crippen molar-refractivity contribution in [1.82, 2.24) is 9.97 Å². The third kappa shape index (κ3) is 3.20. The van der Waals surface area contributed by atoms with E-state index in [1.54, 1.807) is 0 Å². The topological polar surface area (TPSA) is 65.7 Å². The van der Waals surface area contributed by atoms with Gasteiger partial charge in [0.15, 0.2) is 0 Å². The molecule has 0 unspecified atom stereocenters. The molecule has 5 rings (SSSR count). The van der Waals surface area contributed by atoms with E-state index < -0.39 is 11.6 Å². The van der Waals surface area contributed by atoms with Crippen molar-refractivity contribution < 1.29 is 9.59 Å². The van der Waals surface area contributed by atoms with Gasteiger partial charge in [-0.15, -0.1) is 0 Å². The van der Waals surface area contributed by atoms with Gasteiger partial charge in [0.25, 0.3) is 0 Å². The molecule has 4 aromatic rings. The van der Waals surface area contributed by atoms with E-state index in [0.29, 0.717) is 11.1 Å². The van der Waals surface area contributed by atoms with Gasteiger partial charge in [-0.25, -0.2) is 0 Å². The zero-order valence-electron chi connectivity index (χ0n) is 18.7. The van der Waals surface area contributed by atoms with E-state index in [1.165, 1.54) is 0 Å². The molecule has 0 fully saturated rings. The van der Waals surface area contributed by atoms with Gasteiger partial charge >= 0.3 is 0 Å². The molecular formula is C27H22Cl2N2O2. The van der Waals surface area contributed by atoms with Crippen molar-refractivity contribution in [2.24, 2.45) is 0 Å². The Morgan fingerprint density at radius 2 is 1.15 bits per heavy atom. The van der Waals surface area contributed by atoms with Crippen molar-refractivity contribution in [1.29, 1.82) is 0 Å². The lowest BCUT2D eigenvalue weighted by Crippen LogP contribution is -2.22. The number of hydrogen-bond donors (Lipinski definition) is 2. The summed E-state index contributed by atoms with van der Waals surface area (Å²) in [6.07, 6.45) is 0. The lowest BCUT2D eigenvalue weighted by atomic mass is 9.82. The van der Waals surface area contributed by atoms with Gasteiger partial charge < -0.3 is 9.97 Å². The zero-order valence-corrected chi connectivity index (χ0v) is 20.2. The van der Waals surface area contributed by atoms with Crippen LogP contribution in [0.3, 0.4) is 0 Å². The quantitative estimate of drug-likeness (QED) is 0.305. The van der Waals surface area contributed by atoms with E-state index in [4.69, 9.17) is 23.2 Å². The maximum Gasteiger partial charge on any atom is 0.207 e. The number of carbonyl (C=O) groups excluding carboxylic acids is 2. The van der Waals surface area contributed by atoms with Gasteiger partial charge in [-0.2, -0.15) is 0 Å². The van der Waals surface area contributed by atoms with Crippen LogP contribution >= 0.6 is 23.2 Å². The van der Waals surface area contributed by atoms with Crippen LogP contribution in [0.15, 0.2) is 58.6 Å². The van der Waals surface area contributed by atoms with E-state index in [-0.39, 0.29) is 26.6 Å². The van der Waals surface area contributed by atoms with Crippen molar-refractivity contribution in [2.75, 3.05) is 0 Å². The third-order valence-corrected chi connectivity index (χ3v) is 6.86. The summed E-state index contributed by atoms with van der Waals surface area (Å²) in [6, 6.07) is 15.3. The largest absolute Gasteiger partial charge is 0.358 e. The summed E-state index contributed by atoms with van der Waals surface area (Å²) in [5.74, 6) is -0.898. The number of benzene rings is 2. The molecule has 33 heavy (non-hydrogen) atoms. The van der Waals surface area contributed by atoms with Gasteiger partial charge in [0.05, 0.1) is 11.1 Å². The molecule has 2 N–H and O–H groups in total. The van der Waals surface area contributed by atoms with Crippen molar-refractivity contribution >= 4 is 67.7 Å². The number of rotatable bonds is 2. The van der Waals surface area contributed by atoms with E-state index in [0.717, 1.165) is 33.2 Å². The second kappa shape index (κ2) is 7.47. The summed E-state index contributed by atoms with van der Waals surface area (Å²) in [6.45, 7) is 7.99. The van der Waals surface area contributed by atoms with Gasteiger partial charge in [-0.1, -0.05) is 80.4 Å². The van der Waals surface area contributed by atoms with Gasteiger partial charge in [0.1, 0.15) is 10.1 Å². The Kier molecular flexibility index (Phi) is 4.93. The smallest absolute Gasteiger partial charge is 0.207 e. The van der Waals surface area contributed by atoms with Crippen LogP contribution in [0, 0.1) is 6.92 Å². The van der Waals surface area contributed by atoms with E-state index in [1.807, 2.05) is 76.2 Å². The molecule has 166 valence electrons. The molecule has 2 aromatic carbocycles. The number of carbonyl (C=O) groups is 2. The molecule has 1 aliphatic carbocycles. The maximum absolute atomic E-state index is 13.7. The highest BCUT2D eigenvalue weighted by Crippen LogP contribution is 2.45. The summed E-state index contributed by atoms with van der Waals surface area (Å²) in [4.78, 5) is 34.1. The predicted molar refractivity (Wildman–Crippen MR) is 136 cm³/mol. The number of ketones is 2. The molecule has 4 nitrogen and oxygen atoms in total. The number of fused-ring (bicyclic) bond motifs is 2. The molecule has 1 aliphatic rings. The van der Waals surface area contributed by atoms with Gasteiger partial charge in [-0.3, -0.25) is 9.59 Å². The van der Waals surface area contributed by atoms with Crippen LogP contribution in [0.2, 0.25) is 0 Å². The molecule has 0 amide bonds. The highest BCUT2D eigenvalue weighted by molar-refractivity contribution is 6.68. The number of nitrogens with one attached hydrogen (secondary N) is 2. The first-order valence-corrected chi connectivity index (χ1v) is 11.4. The van der Waals surface area contributed by atoms with Crippen molar-refractivity contribution in [2.45, 2.75) is 33.1 Å². The minimum atomic E-state index is -0.450. The predicted octanol–water partition coefficient (Wildman–Crippen LogP) is 7.01. The number of H-pyrrole nitrogens is 2. The Balaban J connectivity index is 1.78. The van der Waals surface area contributed by atoms with Crippen molar-refractivity contribution in [3.63, 3.8) is 0 Å². The second-order valence-corrected chi connectivity index (χ2v) is 10.1. The minimum absolute atomic E-state index is 0.112. The SMILES string of the molecule is Cc1[nH]c2ccccc2c1C1=C(Cl)C(=O)C(c2c(C(C)(C)C)[nH]c3ccccc23)=C(Cl)C1=O. The van der Waals surface area contributed by atoms with Gasteiger partial charge in [0, 0.05) is 49.7 Å². The van der Waals surface area contributed by atoms with Crippen LogP contribution in [0.1, 0.15) is 43.3 Å². The molecule has 0 radical (unpaired) electrons. The molecule has 0 aliphatic heterocycles. The number of halogens is 2. The summed E-state index contributed by atoms with van der Waals surface area (Å²) >= 11 is 13.4. The van der Waals surface area contributed by atoms with Crippen molar-refractivity contribution in [3.05, 3.63) is 81.1 Å². The number of Topliss-reactive ketones (excluding diaryl/α,β-unsaturated/α-hetero) is 2. The van der Waals surface area contributed by atoms with Crippen molar-refractivity contribution in [3.8, 4) is 0 Å². The first kappa shape index (κ1) is 21.7. The number of allylic oxidation sites excluding steroid dienone is 4.